The molecule has 0 spiro atoms. The molecule has 0 fully saturated rings. The van der Waals surface area contributed by atoms with E-state index in [0.717, 1.165) is 6.42 Å². The lowest BCUT2D eigenvalue weighted by Crippen LogP contribution is -2.36. The van der Waals surface area contributed by atoms with Gasteiger partial charge in [0.15, 0.2) is 0 Å². The molecular formula is C16H24N2O5. The number of urea groups is 1. The first kappa shape index (κ1) is 18.8. The molecule has 1 aromatic rings. The fourth-order valence-electron chi connectivity index (χ4n) is 1.86. The van der Waals surface area contributed by atoms with E-state index in [4.69, 9.17) is 14.6 Å². The molecule has 1 aromatic carbocycles. The van der Waals surface area contributed by atoms with Crippen molar-refractivity contribution in [2.45, 2.75) is 13.3 Å². The van der Waals surface area contributed by atoms with Gasteiger partial charge in [0, 0.05) is 33.7 Å². The van der Waals surface area contributed by atoms with Crippen LogP contribution in [0.4, 0.5) is 10.5 Å². The number of para-hydroxylation sites is 2. The number of carbonyl (C=O) groups excluding carboxylic acids is 1. The van der Waals surface area contributed by atoms with Crippen molar-refractivity contribution in [1.82, 2.24) is 4.90 Å². The van der Waals surface area contributed by atoms with Crippen LogP contribution in [-0.2, 0) is 9.53 Å². The molecule has 1 atom stereocenters. The summed E-state index contributed by atoms with van der Waals surface area (Å²) in [4.78, 5) is 24.3. The molecule has 0 heterocycles. The topological polar surface area (TPSA) is 88.1 Å². The fourth-order valence-corrected chi connectivity index (χ4v) is 1.86. The van der Waals surface area contributed by atoms with Crippen molar-refractivity contribution in [2.24, 2.45) is 5.92 Å². The zero-order valence-electron chi connectivity index (χ0n) is 13.7. The van der Waals surface area contributed by atoms with E-state index in [2.05, 4.69) is 5.32 Å². The molecule has 7 nitrogen and oxygen atoms in total. The number of carboxylic acids is 1. The maximum atomic E-state index is 12.1. The molecule has 0 radical (unpaired) electrons. The first-order valence-electron chi connectivity index (χ1n) is 7.41. The molecule has 23 heavy (non-hydrogen) atoms. The minimum Gasteiger partial charge on any atom is -0.491 e. The second-order valence-electron chi connectivity index (χ2n) is 5.24. The average molecular weight is 324 g/mol. The summed E-state index contributed by atoms with van der Waals surface area (Å²) >= 11 is 0. The molecule has 0 saturated heterocycles. The lowest BCUT2D eigenvalue weighted by Gasteiger charge is -2.21. The third kappa shape index (κ3) is 6.56. The zero-order valence-corrected chi connectivity index (χ0v) is 13.7. The number of amides is 2. The van der Waals surface area contributed by atoms with Crippen LogP contribution in [0.1, 0.15) is 13.3 Å². The van der Waals surface area contributed by atoms with Gasteiger partial charge in [-0.05, 0) is 12.1 Å². The summed E-state index contributed by atoms with van der Waals surface area (Å²) in [6.07, 6.45) is 0.745. The van der Waals surface area contributed by atoms with Crippen LogP contribution in [0, 0.1) is 5.92 Å². The van der Waals surface area contributed by atoms with Crippen LogP contribution in [0.3, 0.4) is 0 Å². The molecule has 2 N–H and O–H groups in total. The highest BCUT2D eigenvalue weighted by Crippen LogP contribution is 2.24. The van der Waals surface area contributed by atoms with Crippen LogP contribution in [0.25, 0.3) is 0 Å². The van der Waals surface area contributed by atoms with Gasteiger partial charge in [0.1, 0.15) is 5.75 Å². The van der Waals surface area contributed by atoms with Gasteiger partial charge >= 0.3 is 12.0 Å². The molecule has 0 aromatic heterocycles. The van der Waals surface area contributed by atoms with E-state index in [1.165, 1.54) is 4.90 Å². The molecule has 1 unspecified atom stereocenters. The molecule has 128 valence electrons. The van der Waals surface area contributed by atoms with E-state index >= 15 is 0 Å². The first-order chi connectivity index (χ1) is 11.0. The van der Waals surface area contributed by atoms with Gasteiger partial charge in [-0.25, -0.2) is 4.79 Å². The Balaban J connectivity index is 2.61. The third-order valence-electron chi connectivity index (χ3n) is 3.20. The quantitative estimate of drug-likeness (QED) is 0.680. The van der Waals surface area contributed by atoms with Crippen LogP contribution in [0.5, 0.6) is 5.75 Å². The van der Waals surface area contributed by atoms with Crippen molar-refractivity contribution in [1.29, 1.82) is 0 Å². The Bertz CT molecular complexity index is 521. The van der Waals surface area contributed by atoms with Crippen molar-refractivity contribution < 1.29 is 24.2 Å². The predicted molar refractivity (Wildman–Crippen MR) is 86.9 cm³/mol. The maximum Gasteiger partial charge on any atom is 0.321 e. The molecule has 0 aliphatic heterocycles. The normalized spacial score (nSPS) is 11.6. The molecule has 0 aliphatic carbocycles. The molecule has 2 amide bonds. The van der Waals surface area contributed by atoms with Gasteiger partial charge in [0.05, 0.1) is 18.2 Å². The number of nitrogens with zero attached hydrogens (tertiary/aromatic N) is 1. The standard InChI is InChI=1S/C16H24N2O5/c1-12(15(19)20)11-18(2)16(21)17-13-7-4-5-8-14(13)23-10-6-9-22-3/h4-5,7-8,12H,6,9-11H2,1-3H3,(H,17,21)(H,19,20). The van der Waals surface area contributed by atoms with Crippen LogP contribution in [0.15, 0.2) is 24.3 Å². The summed E-state index contributed by atoms with van der Waals surface area (Å²) in [5.74, 6) is -1.01. The molecular weight excluding hydrogens is 300 g/mol. The van der Waals surface area contributed by atoms with Crippen molar-refractivity contribution in [3.8, 4) is 5.75 Å². The van der Waals surface area contributed by atoms with Crippen molar-refractivity contribution >= 4 is 17.7 Å². The minimum absolute atomic E-state index is 0.123. The Labute approximate surface area is 136 Å². The lowest BCUT2D eigenvalue weighted by molar-refractivity contribution is -0.141. The Hall–Kier alpha value is -2.28. The maximum absolute atomic E-state index is 12.1. The number of aliphatic carboxylic acids is 1. The number of rotatable bonds is 9. The summed E-state index contributed by atoms with van der Waals surface area (Å²) in [7, 11) is 3.18. The number of nitrogens with one attached hydrogen (secondary N) is 1. The summed E-state index contributed by atoms with van der Waals surface area (Å²) in [5.41, 5.74) is 0.546. The smallest absolute Gasteiger partial charge is 0.321 e. The molecule has 1 rings (SSSR count). The largest absolute Gasteiger partial charge is 0.491 e. The van der Waals surface area contributed by atoms with Crippen LogP contribution in [0.2, 0.25) is 0 Å². The van der Waals surface area contributed by atoms with Gasteiger partial charge < -0.3 is 24.8 Å². The third-order valence-corrected chi connectivity index (χ3v) is 3.20. The first-order valence-corrected chi connectivity index (χ1v) is 7.41. The monoisotopic (exact) mass is 324 g/mol. The van der Waals surface area contributed by atoms with Crippen molar-refractivity contribution in [2.75, 3.05) is 39.2 Å². The Morgan fingerprint density at radius 2 is 2.00 bits per heavy atom. The summed E-state index contributed by atoms with van der Waals surface area (Å²) in [6, 6.07) is 6.72. The van der Waals surface area contributed by atoms with Crippen molar-refractivity contribution in [3.05, 3.63) is 24.3 Å². The van der Waals surface area contributed by atoms with Gasteiger partial charge in [0.2, 0.25) is 0 Å². The Morgan fingerprint density at radius 1 is 1.30 bits per heavy atom. The van der Waals surface area contributed by atoms with Gasteiger partial charge in [-0.3, -0.25) is 4.79 Å². The van der Waals surface area contributed by atoms with E-state index in [1.807, 2.05) is 6.07 Å². The number of methoxy groups -OCH3 is 1. The van der Waals surface area contributed by atoms with E-state index < -0.39 is 11.9 Å². The van der Waals surface area contributed by atoms with E-state index in [0.29, 0.717) is 24.7 Å². The Morgan fingerprint density at radius 3 is 2.65 bits per heavy atom. The number of carboxylic acid groups (broad SMARTS) is 1. The number of benzene rings is 1. The number of hydrogen-bond acceptors (Lipinski definition) is 4. The number of hydrogen-bond donors (Lipinski definition) is 2. The van der Waals surface area contributed by atoms with E-state index in [-0.39, 0.29) is 12.6 Å². The zero-order chi connectivity index (χ0) is 17.2. The van der Waals surface area contributed by atoms with Gasteiger partial charge in [-0.2, -0.15) is 0 Å². The molecule has 7 heteroatoms. The van der Waals surface area contributed by atoms with Crippen LogP contribution >= 0.6 is 0 Å². The highest BCUT2D eigenvalue weighted by atomic mass is 16.5. The highest BCUT2D eigenvalue weighted by Gasteiger charge is 2.18. The predicted octanol–water partition coefficient (Wildman–Crippen LogP) is 2.29. The second-order valence-corrected chi connectivity index (χ2v) is 5.24. The number of anilines is 1. The van der Waals surface area contributed by atoms with Gasteiger partial charge in [0.25, 0.3) is 0 Å². The summed E-state index contributed by atoms with van der Waals surface area (Å²) < 4.78 is 10.6. The summed E-state index contributed by atoms with van der Waals surface area (Å²) in [6.45, 7) is 2.76. The number of carbonyl (C=O) groups is 2. The summed E-state index contributed by atoms with van der Waals surface area (Å²) in [5, 5.41) is 11.6. The van der Waals surface area contributed by atoms with E-state index in [1.54, 1.807) is 39.3 Å². The highest BCUT2D eigenvalue weighted by molar-refractivity contribution is 5.91. The SMILES string of the molecule is COCCCOc1ccccc1NC(=O)N(C)CC(C)C(=O)O. The molecule has 0 saturated carbocycles. The molecule has 0 aliphatic rings. The minimum atomic E-state index is -0.938. The van der Waals surface area contributed by atoms with Crippen LogP contribution < -0.4 is 10.1 Å². The average Bonchev–Trinajstić information content (AvgIpc) is 2.52. The second kappa shape index (κ2) is 9.68. The van der Waals surface area contributed by atoms with Crippen molar-refractivity contribution in [3.63, 3.8) is 0 Å². The van der Waals surface area contributed by atoms with E-state index in [9.17, 15) is 9.59 Å². The van der Waals surface area contributed by atoms with Gasteiger partial charge in [-0.15, -0.1) is 0 Å². The number of ether oxygens (including phenoxy) is 2. The van der Waals surface area contributed by atoms with Gasteiger partial charge in [-0.1, -0.05) is 19.1 Å². The fraction of sp³-hybridized carbons (Fsp3) is 0.500. The van der Waals surface area contributed by atoms with Crippen LogP contribution in [-0.4, -0.2) is 55.9 Å². The Kier molecular flexibility index (Phi) is 7.90. The lowest BCUT2D eigenvalue weighted by atomic mass is 10.2. The molecule has 0 bridgehead atoms.